The van der Waals surface area contributed by atoms with Crippen LogP contribution in [0.5, 0.6) is 0 Å². The van der Waals surface area contributed by atoms with Gasteiger partial charge in [-0.3, -0.25) is 4.99 Å². The smallest absolute Gasteiger partial charge is 0.191 e. The molecule has 2 unspecified atom stereocenters. The van der Waals surface area contributed by atoms with E-state index in [1.807, 2.05) is 19.1 Å². The lowest BCUT2D eigenvalue weighted by Crippen LogP contribution is -2.39. The number of nitrogens with one attached hydrogen (secondary N) is 2. The summed E-state index contributed by atoms with van der Waals surface area (Å²) in [5, 5.41) is 6.62. The molecular weight excluding hydrogens is 273 g/mol. The number of guanidine groups is 1. The monoisotopic (exact) mass is 295 g/mol. The Kier molecular flexibility index (Phi) is 5.71. The van der Waals surface area contributed by atoms with Gasteiger partial charge < -0.3 is 10.6 Å². The summed E-state index contributed by atoms with van der Waals surface area (Å²) in [6.07, 6.45) is 3.04. The molecule has 20 heavy (non-hydrogen) atoms. The van der Waals surface area contributed by atoms with Crippen molar-refractivity contribution in [2.45, 2.75) is 25.3 Å². The van der Waals surface area contributed by atoms with Gasteiger partial charge in [0.25, 0.3) is 0 Å². The second kappa shape index (κ2) is 7.53. The maximum atomic E-state index is 13.7. The number of thioether (sulfide) groups is 1. The molecule has 0 radical (unpaired) electrons. The van der Waals surface area contributed by atoms with Crippen molar-refractivity contribution in [2.24, 2.45) is 4.99 Å². The van der Waals surface area contributed by atoms with Crippen LogP contribution in [0.15, 0.2) is 29.3 Å². The van der Waals surface area contributed by atoms with Crippen molar-refractivity contribution in [3.8, 4) is 0 Å². The summed E-state index contributed by atoms with van der Waals surface area (Å²) < 4.78 is 13.7. The summed E-state index contributed by atoms with van der Waals surface area (Å²) in [5.74, 6) is 2.01. The van der Waals surface area contributed by atoms with Crippen LogP contribution in [-0.2, 0) is 0 Å². The van der Waals surface area contributed by atoms with Crippen molar-refractivity contribution < 1.29 is 4.39 Å². The molecule has 2 atom stereocenters. The number of aliphatic imine (C=N–C) groups is 1. The third-order valence-electron chi connectivity index (χ3n) is 3.33. The predicted octanol–water partition coefficient (Wildman–Crippen LogP) is 2.60. The fourth-order valence-electron chi connectivity index (χ4n) is 2.22. The van der Waals surface area contributed by atoms with Gasteiger partial charge in [-0.15, -0.1) is 0 Å². The zero-order valence-electron chi connectivity index (χ0n) is 12.0. The van der Waals surface area contributed by atoms with Crippen LogP contribution in [0.25, 0.3) is 0 Å². The molecule has 2 N–H and O–H groups in total. The van der Waals surface area contributed by atoms with E-state index in [1.54, 1.807) is 17.8 Å². The molecule has 1 saturated carbocycles. The van der Waals surface area contributed by atoms with E-state index in [2.05, 4.69) is 21.9 Å². The van der Waals surface area contributed by atoms with E-state index in [4.69, 9.17) is 0 Å². The highest BCUT2D eigenvalue weighted by atomic mass is 32.2. The first-order valence-electron chi connectivity index (χ1n) is 7.04. The Balaban J connectivity index is 1.90. The summed E-state index contributed by atoms with van der Waals surface area (Å²) in [6, 6.07) is 7.32. The number of halogens is 1. The quantitative estimate of drug-likeness (QED) is 0.481. The molecule has 0 saturated heterocycles. The van der Waals surface area contributed by atoms with E-state index in [9.17, 15) is 4.39 Å². The van der Waals surface area contributed by atoms with Crippen LogP contribution in [0.1, 0.15) is 24.8 Å². The van der Waals surface area contributed by atoms with E-state index in [0.29, 0.717) is 6.04 Å². The first kappa shape index (κ1) is 15.2. The minimum atomic E-state index is -0.105. The zero-order chi connectivity index (χ0) is 14.4. The molecule has 110 valence electrons. The molecule has 5 heteroatoms. The molecular formula is C15H22FN3S. The molecule has 0 aromatic heterocycles. The number of nitrogens with zero attached hydrogens (tertiary/aromatic N) is 1. The highest BCUT2D eigenvalue weighted by Gasteiger charge is 2.40. The molecule has 1 fully saturated rings. The highest BCUT2D eigenvalue weighted by Crippen LogP contribution is 2.41. The molecule has 0 bridgehead atoms. The van der Waals surface area contributed by atoms with E-state index >= 15 is 0 Å². The Hall–Kier alpha value is -1.23. The molecule has 0 spiro atoms. The van der Waals surface area contributed by atoms with Crippen LogP contribution in [0, 0.1) is 5.82 Å². The SMILES string of the molecule is CCNC(=NCCSC)NC1CC1c1ccccc1F. The van der Waals surface area contributed by atoms with Gasteiger partial charge in [-0.05, 0) is 31.2 Å². The summed E-state index contributed by atoms with van der Waals surface area (Å²) in [4.78, 5) is 4.51. The molecule has 1 aliphatic carbocycles. The van der Waals surface area contributed by atoms with Crippen molar-refractivity contribution in [2.75, 3.05) is 25.1 Å². The first-order chi connectivity index (χ1) is 9.76. The van der Waals surface area contributed by atoms with Gasteiger partial charge in [0, 0.05) is 24.3 Å². The molecule has 1 aliphatic rings. The Labute approximate surface area is 124 Å². The Bertz CT molecular complexity index is 464. The summed E-state index contributed by atoms with van der Waals surface area (Å²) in [5.41, 5.74) is 0.810. The van der Waals surface area contributed by atoms with Crippen molar-refractivity contribution >= 4 is 17.7 Å². The van der Waals surface area contributed by atoms with Gasteiger partial charge >= 0.3 is 0 Å². The maximum absolute atomic E-state index is 13.7. The summed E-state index contributed by atoms with van der Waals surface area (Å²) in [6.45, 7) is 3.68. The van der Waals surface area contributed by atoms with Crippen molar-refractivity contribution in [3.05, 3.63) is 35.6 Å². The van der Waals surface area contributed by atoms with E-state index in [1.165, 1.54) is 6.07 Å². The molecule has 3 nitrogen and oxygen atoms in total. The van der Waals surface area contributed by atoms with Gasteiger partial charge in [0.05, 0.1) is 6.54 Å². The topological polar surface area (TPSA) is 36.4 Å². The highest BCUT2D eigenvalue weighted by molar-refractivity contribution is 7.98. The van der Waals surface area contributed by atoms with Crippen LogP contribution >= 0.6 is 11.8 Å². The lowest BCUT2D eigenvalue weighted by Gasteiger charge is -2.11. The largest absolute Gasteiger partial charge is 0.357 e. The van der Waals surface area contributed by atoms with Gasteiger partial charge in [-0.25, -0.2) is 4.39 Å². The number of benzene rings is 1. The average molecular weight is 295 g/mol. The molecule has 0 amide bonds. The second-order valence-electron chi connectivity index (χ2n) is 4.87. The number of hydrogen-bond donors (Lipinski definition) is 2. The standard InChI is InChI=1S/C15H22FN3S/c1-3-17-15(18-8-9-20-2)19-14-10-12(14)11-6-4-5-7-13(11)16/h4-7,12,14H,3,8-10H2,1-2H3,(H2,17,18,19). The van der Waals surface area contributed by atoms with Crippen LogP contribution in [0.4, 0.5) is 4.39 Å². The van der Waals surface area contributed by atoms with E-state index < -0.39 is 0 Å². The van der Waals surface area contributed by atoms with Crippen LogP contribution in [-0.4, -0.2) is 37.1 Å². The fourth-order valence-corrected chi connectivity index (χ4v) is 2.49. The van der Waals surface area contributed by atoms with Crippen molar-refractivity contribution in [3.63, 3.8) is 0 Å². The normalized spacial score (nSPS) is 21.6. The van der Waals surface area contributed by atoms with Crippen LogP contribution in [0.3, 0.4) is 0 Å². The minimum absolute atomic E-state index is 0.105. The lowest BCUT2D eigenvalue weighted by atomic mass is 10.1. The van der Waals surface area contributed by atoms with Crippen molar-refractivity contribution in [1.29, 1.82) is 0 Å². The predicted molar refractivity (Wildman–Crippen MR) is 85.0 cm³/mol. The third kappa shape index (κ3) is 4.13. The summed E-state index contributed by atoms with van der Waals surface area (Å²) >= 11 is 1.78. The van der Waals surface area contributed by atoms with E-state index in [-0.39, 0.29) is 11.7 Å². The molecule has 1 aromatic carbocycles. The fraction of sp³-hybridized carbons (Fsp3) is 0.533. The van der Waals surface area contributed by atoms with Gasteiger partial charge in [-0.2, -0.15) is 11.8 Å². The zero-order valence-corrected chi connectivity index (χ0v) is 12.8. The van der Waals surface area contributed by atoms with Crippen LogP contribution < -0.4 is 10.6 Å². The van der Waals surface area contributed by atoms with Gasteiger partial charge in [0.1, 0.15) is 5.82 Å². The lowest BCUT2D eigenvalue weighted by molar-refractivity contribution is 0.608. The average Bonchev–Trinajstić information content (AvgIpc) is 3.19. The van der Waals surface area contributed by atoms with Gasteiger partial charge in [0.2, 0.25) is 0 Å². The van der Waals surface area contributed by atoms with Crippen LogP contribution in [0.2, 0.25) is 0 Å². The van der Waals surface area contributed by atoms with E-state index in [0.717, 1.165) is 36.8 Å². The Morgan fingerprint density at radius 2 is 2.25 bits per heavy atom. The van der Waals surface area contributed by atoms with Crippen molar-refractivity contribution in [1.82, 2.24) is 10.6 Å². The maximum Gasteiger partial charge on any atom is 0.191 e. The van der Waals surface area contributed by atoms with Gasteiger partial charge in [-0.1, -0.05) is 18.2 Å². The first-order valence-corrected chi connectivity index (χ1v) is 8.43. The number of hydrogen-bond acceptors (Lipinski definition) is 2. The molecule has 0 heterocycles. The summed E-state index contributed by atoms with van der Waals surface area (Å²) in [7, 11) is 0. The molecule has 2 rings (SSSR count). The molecule has 0 aliphatic heterocycles. The molecule has 1 aromatic rings. The van der Waals surface area contributed by atoms with Gasteiger partial charge in [0.15, 0.2) is 5.96 Å². The Morgan fingerprint density at radius 1 is 1.45 bits per heavy atom. The second-order valence-corrected chi connectivity index (χ2v) is 5.85. The third-order valence-corrected chi connectivity index (χ3v) is 3.92. The number of rotatable bonds is 6. The Morgan fingerprint density at radius 3 is 2.95 bits per heavy atom. The minimum Gasteiger partial charge on any atom is -0.357 e.